The highest BCUT2D eigenvalue weighted by atomic mass is 16.5. The second-order valence-corrected chi connectivity index (χ2v) is 4.78. The van der Waals surface area contributed by atoms with Crippen molar-refractivity contribution in [1.82, 2.24) is 15.5 Å². The topological polar surface area (TPSA) is 67.0 Å². The lowest BCUT2D eigenvalue weighted by molar-refractivity contribution is 0.0938. The summed E-state index contributed by atoms with van der Waals surface area (Å²) in [5.41, 5.74) is 3.09. The molecule has 1 atom stereocenters. The molecule has 1 unspecified atom stereocenters. The van der Waals surface area contributed by atoms with E-state index in [-0.39, 0.29) is 11.9 Å². The lowest BCUT2D eigenvalue weighted by Gasteiger charge is -2.15. The van der Waals surface area contributed by atoms with E-state index in [0.717, 1.165) is 17.0 Å². The molecule has 0 bridgehead atoms. The Bertz CT molecular complexity index is 600. The number of methoxy groups -OCH3 is 1. The molecular formula is C15H19N3O2. The fourth-order valence-corrected chi connectivity index (χ4v) is 2.15. The van der Waals surface area contributed by atoms with Gasteiger partial charge >= 0.3 is 0 Å². The van der Waals surface area contributed by atoms with Crippen molar-refractivity contribution in [3.8, 4) is 5.75 Å². The van der Waals surface area contributed by atoms with Crippen LogP contribution in [0.2, 0.25) is 0 Å². The first-order valence-electron chi connectivity index (χ1n) is 6.49. The quantitative estimate of drug-likeness (QED) is 0.899. The Morgan fingerprint density at radius 3 is 2.75 bits per heavy atom. The normalized spacial score (nSPS) is 12.0. The summed E-state index contributed by atoms with van der Waals surface area (Å²) in [7, 11) is 1.63. The molecule has 1 aromatic carbocycles. The molecule has 106 valence electrons. The molecule has 2 rings (SSSR count). The molecular weight excluding hydrogens is 254 g/mol. The molecule has 0 fully saturated rings. The molecule has 5 heteroatoms. The maximum Gasteiger partial charge on any atom is 0.255 e. The average molecular weight is 273 g/mol. The number of ether oxygens (including phenoxy) is 1. The minimum Gasteiger partial charge on any atom is -0.497 e. The van der Waals surface area contributed by atoms with Gasteiger partial charge in [0, 0.05) is 5.69 Å². The van der Waals surface area contributed by atoms with Crippen LogP contribution < -0.4 is 10.1 Å². The summed E-state index contributed by atoms with van der Waals surface area (Å²) in [5.74, 6) is 0.656. The molecule has 0 radical (unpaired) electrons. The third-order valence-corrected chi connectivity index (χ3v) is 3.30. The van der Waals surface area contributed by atoms with E-state index in [9.17, 15) is 4.79 Å². The van der Waals surface area contributed by atoms with E-state index in [1.54, 1.807) is 7.11 Å². The molecule has 0 aliphatic heterocycles. The zero-order chi connectivity index (χ0) is 14.7. The smallest absolute Gasteiger partial charge is 0.255 e. The van der Waals surface area contributed by atoms with Gasteiger partial charge in [-0.1, -0.05) is 12.1 Å². The minimum atomic E-state index is -0.121. The number of rotatable bonds is 4. The lowest BCUT2D eigenvalue weighted by atomic mass is 10.1. The number of carbonyl (C=O) groups excluding carboxylic acids is 1. The molecule has 0 saturated heterocycles. The van der Waals surface area contributed by atoms with Crippen molar-refractivity contribution in [2.45, 2.75) is 26.8 Å². The third-order valence-electron chi connectivity index (χ3n) is 3.30. The van der Waals surface area contributed by atoms with Crippen molar-refractivity contribution in [3.05, 3.63) is 46.8 Å². The van der Waals surface area contributed by atoms with Crippen LogP contribution in [0.5, 0.6) is 5.75 Å². The van der Waals surface area contributed by atoms with Gasteiger partial charge < -0.3 is 10.1 Å². The van der Waals surface area contributed by atoms with Gasteiger partial charge in [0.25, 0.3) is 5.91 Å². The molecule has 2 aromatic rings. The number of benzene rings is 1. The van der Waals surface area contributed by atoms with Crippen molar-refractivity contribution in [2.24, 2.45) is 0 Å². The highest BCUT2D eigenvalue weighted by Crippen LogP contribution is 2.19. The van der Waals surface area contributed by atoms with E-state index in [1.165, 1.54) is 0 Å². The van der Waals surface area contributed by atoms with Crippen molar-refractivity contribution in [1.29, 1.82) is 0 Å². The fourth-order valence-electron chi connectivity index (χ4n) is 2.15. The highest BCUT2D eigenvalue weighted by Gasteiger charge is 2.17. The molecule has 1 amide bonds. The molecule has 2 N–H and O–H groups in total. The van der Waals surface area contributed by atoms with Gasteiger partial charge in [-0.15, -0.1) is 0 Å². The van der Waals surface area contributed by atoms with E-state index < -0.39 is 0 Å². The number of amides is 1. The Hall–Kier alpha value is -2.30. The molecule has 5 nitrogen and oxygen atoms in total. The summed E-state index contributed by atoms with van der Waals surface area (Å²) >= 11 is 0. The number of hydrogen-bond acceptors (Lipinski definition) is 3. The van der Waals surface area contributed by atoms with E-state index >= 15 is 0 Å². The molecule has 1 heterocycles. The molecule has 0 spiro atoms. The number of H-pyrrole nitrogens is 1. The summed E-state index contributed by atoms with van der Waals surface area (Å²) in [6.45, 7) is 5.59. The minimum absolute atomic E-state index is 0.105. The Morgan fingerprint density at radius 1 is 1.40 bits per heavy atom. The first kappa shape index (κ1) is 14.1. The van der Waals surface area contributed by atoms with Crippen LogP contribution >= 0.6 is 0 Å². The van der Waals surface area contributed by atoms with Crippen LogP contribution in [-0.2, 0) is 0 Å². The Balaban J connectivity index is 2.15. The van der Waals surface area contributed by atoms with E-state index in [0.29, 0.717) is 11.3 Å². The number of nitrogens with zero attached hydrogens (tertiary/aromatic N) is 1. The van der Waals surface area contributed by atoms with E-state index in [4.69, 9.17) is 4.74 Å². The maximum atomic E-state index is 12.3. The fraction of sp³-hybridized carbons (Fsp3) is 0.333. The van der Waals surface area contributed by atoms with Crippen LogP contribution in [0.1, 0.15) is 40.3 Å². The molecule has 20 heavy (non-hydrogen) atoms. The largest absolute Gasteiger partial charge is 0.497 e. The molecule has 1 aromatic heterocycles. The highest BCUT2D eigenvalue weighted by molar-refractivity contribution is 5.96. The lowest BCUT2D eigenvalue weighted by Crippen LogP contribution is -2.27. The van der Waals surface area contributed by atoms with Crippen molar-refractivity contribution in [3.63, 3.8) is 0 Å². The van der Waals surface area contributed by atoms with Crippen LogP contribution in [0.15, 0.2) is 24.3 Å². The second-order valence-electron chi connectivity index (χ2n) is 4.78. The SMILES string of the molecule is COc1cccc(C(C)NC(=O)c2c(C)n[nH]c2C)c1. The summed E-state index contributed by atoms with van der Waals surface area (Å²) in [4.78, 5) is 12.3. The maximum absolute atomic E-state index is 12.3. The van der Waals surface area contributed by atoms with Gasteiger partial charge in [0.1, 0.15) is 5.75 Å². The van der Waals surface area contributed by atoms with Crippen LogP contribution in [0.3, 0.4) is 0 Å². The van der Waals surface area contributed by atoms with Gasteiger partial charge in [0.2, 0.25) is 0 Å². The van der Waals surface area contributed by atoms with Gasteiger partial charge in [-0.3, -0.25) is 9.89 Å². The standard InChI is InChI=1S/C15H19N3O2/c1-9(12-6-5-7-13(8-12)20-4)16-15(19)14-10(2)17-18-11(14)3/h5-9H,1-4H3,(H,16,19)(H,17,18). The van der Waals surface area contributed by atoms with Gasteiger partial charge in [-0.05, 0) is 38.5 Å². The predicted molar refractivity (Wildman–Crippen MR) is 76.9 cm³/mol. The Kier molecular flexibility index (Phi) is 4.08. The summed E-state index contributed by atoms with van der Waals surface area (Å²) in [6, 6.07) is 7.56. The van der Waals surface area contributed by atoms with Crippen LogP contribution in [0.4, 0.5) is 0 Å². The Labute approximate surface area is 118 Å². The van der Waals surface area contributed by atoms with Crippen molar-refractivity contribution >= 4 is 5.91 Å². The van der Waals surface area contributed by atoms with Crippen LogP contribution in [0, 0.1) is 13.8 Å². The number of aryl methyl sites for hydroxylation is 2. The average Bonchev–Trinajstić information content (AvgIpc) is 2.78. The first-order valence-corrected chi connectivity index (χ1v) is 6.49. The number of carbonyl (C=O) groups is 1. The summed E-state index contributed by atoms with van der Waals surface area (Å²) < 4.78 is 5.19. The number of aromatic amines is 1. The molecule has 0 aliphatic carbocycles. The van der Waals surface area contributed by atoms with Crippen LogP contribution in [-0.4, -0.2) is 23.2 Å². The van der Waals surface area contributed by atoms with Gasteiger partial charge in [-0.25, -0.2) is 0 Å². The number of aromatic nitrogens is 2. The first-order chi connectivity index (χ1) is 9.52. The third kappa shape index (κ3) is 2.82. The van der Waals surface area contributed by atoms with Gasteiger partial charge in [0.05, 0.1) is 24.4 Å². The number of nitrogens with one attached hydrogen (secondary N) is 2. The Morgan fingerprint density at radius 2 is 2.15 bits per heavy atom. The van der Waals surface area contributed by atoms with E-state index in [2.05, 4.69) is 15.5 Å². The summed E-state index contributed by atoms with van der Waals surface area (Å²) in [6.07, 6.45) is 0. The molecule has 0 saturated carbocycles. The van der Waals surface area contributed by atoms with Crippen molar-refractivity contribution in [2.75, 3.05) is 7.11 Å². The van der Waals surface area contributed by atoms with Gasteiger partial charge in [-0.2, -0.15) is 5.10 Å². The predicted octanol–water partition coefficient (Wildman–Crippen LogP) is 2.53. The monoisotopic (exact) mass is 273 g/mol. The summed E-state index contributed by atoms with van der Waals surface area (Å²) in [5, 5.41) is 9.83. The zero-order valence-corrected chi connectivity index (χ0v) is 12.2. The van der Waals surface area contributed by atoms with Crippen LogP contribution in [0.25, 0.3) is 0 Å². The molecule has 0 aliphatic rings. The van der Waals surface area contributed by atoms with Gasteiger partial charge in [0.15, 0.2) is 0 Å². The van der Waals surface area contributed by atoms with E-state index in [1.807, 2.05) is 45.0 Å². The van der Waals surface area contributed by atoms with Crippen molar-refractivity contribution < 1.29 is 9.53 Å². The zero-order valence-electron chi connectivity index (χ0n) is 12.2. The number of hydrogen-bond donors (Lipinski definition) is 2. The second kappa shape index (κ2) is 5.77.